The minimum Gasteiger partial charge on any atom is -0.481 e. The standard InChI is InChI=1S/C14H27NO2/c1-5-14(3,13(16)17)10-15(4)12-8-6-11(2)7-9-12/h11-12H,5-10H2,1-4H3,(H,16,17). The molecule has 0 spiro atoms. The van der Waals surface area contributed by atoms with Crippen LogP contribution in [0.1, 0.15) is 52.9 Å². The minimum absolute atomic E-state index is 0.580. The van der Waals surface area contributed by atoms with E-state index in [1.165, 1.54) is 25.7 Å². The SMILES string of the molecule is CCC(C)(CN(C)C1CCC(C)CC1)C(=O)O. The van der Waals surface area contributed by atoms with Crippen LogP contribution in [0.5, 0.6) is 0 Å². The van der Waals surface area contributed by atoms with E-state index in [0.29, 0.717) is 19.0 Å². The van der Waals surface area contributed by atoms with E-state index in [4.69, 9.17) is 0 Å². The van der Waals surface area contributed by atoms with Gasteiger partial charge in [0.15, 0.2) is 0 Å². The summed E-state index contributed by atoms with van der Waals surface area (Å²) in [7, 11) is 2.08. The van der Waals surface area contributed by atoms with Crippen molar-refractivity contribution in [3.05, 3.63) is 0 Å². The molecule has 1 rings (SSSR count). The lowest BCUT2D eigenvalue weighted by atomic mass is 9.83. The van der Waals surface area contributed by atoms with Crippen molar-refractivity contribution in [1.29, 1.82) is 0 Å². The second-order valence-corrected chi connectivity index (χ2v) is 6.05. The zero-order chi connectivity index (χ0) is 13.1. The van der Waals surface area contributed by atoms with Crippen LogP contribution in [0.4, 0.5) is 0 Å². The van der Waals surface area contributed by atoms with E-state index < -0.39 is 11.4 Å². The molecule has 0 saturated heterocycles. The van der Waals surface area contributed by atoms with Crippen LogP contribution in [0.2, 0.25) is 0 Å². The van der Waals surface area contributed by atoms with E-state index in [-0.39, 0.29) is 0 Å². The Morgan fingerprint density at radius 1 is 1.35 bits per heavy atom. The van der Waals surface area contributed by atoms with Crippen LogP contribution in [-0.4, -0.2) is 35.6 Å². The highest BCUT2D eigenvalue weighted by molar-refractivity contribution is 5.74. The summed E-state index contributed by atoms with van der Waals surface area (Å²) in [6.07, 6.45) is 5.69. The normalized spacial score (nSPS) is 29.0. The summed E-state index contributed by atoms with van der Waals surface area (Å²) < 4.78 is 0. The van der Waals surface area contributed by atoms with Gasteiger partial charge >= 0.3 is 5.97 Å². The molecule has 0 aromatic heterocycles. The van der Waals surface area contributed by atoms with Crippen LogP contribution in [0.3, 0.4) is 0 Å². The van der Waals surface area contributed by atoms with Crippen molar-refractivity contribution >= 4 is 5.97 Å². The molecule has 1 fully saturated rings. The van der Waals surface area contributed by atoms with E-state index in [0.717, 1.165) is 5.92 Å². The Kier molecular flexibility index (Phi) is 4.99. The molecule has 1 atom stereocenters. The number of nitrogens with zero attached hydrogens (tertiary/aromatic N) is 1. The summed E-state index contributed by atoms with van der Waals surface area (Å²) in [4.78, 5) is 13.6. The van der Waals surface area contributed by atoms with E-state index in [9.17, 15) is 9.90 Å². The van der Waals surface area contributed by atoms with Crippen molar-refractivity contribution in [3.8, 4) is 0 Å². The van der Waals surface area contributed by atoms with Gasteiger partial charge in [0.25, 0.3) is 0 Å². The quantitative estimate of drug-likeness (QED) is 0.804. The molecule has 0 aliphatic heterocycles. The maximum absolute atomic E-state index is 11.3. The van der Waals surface area contributed by atoms with Crippen LogP contribution in [0.25, 0.3) is 0 Å². The van der Waals surface area contributed by atoms with Gasteiger partial charge in [-0.1, -0.05) is 13.8 Å². The second-order valence-electron chi connectivity index (χ2n) is 6.05. The number of aliphatic carboxylic acids is 1. The maximum Gasteiger partial charge on any atom is 0.310 e. The molecule has 0 aromatic carbocycles. The molecule has 17 heavy (non-hydrogen) atoms. The van der Waals surface area contributed by atoms with Crippen molar-refractivity contribution in [2.24, 2.45) is 11.3 Å². The van der Waals surface area contributed by atoms with Crippen LogP contribution < -0.4 is 0 Å². The van der Waals surface area contributed by atoms with Gasteiger partial charge < -0.3 is 10.0 Å². The Morgan fingerprint density at radius 2 is 1.88 bits per heavy atom. The van der Waals surface area contributed by atoms with Gasteiger partial charge in [-0.05, 0) is 52.0 Å². The van der Waals surface area contributed by atoms with E-state index in [1.54, 1.807) is 0 Å². The Hall–Kier alpha value is -0.570. The van der Waals surface area contributed by atoms with E-state index >= 15 is 0 Å². The Morgan fingerprint density at radius 3 is 2.29 bits per heavy atom. The van der Waals surface area contributed by atoms with Gasteiger partial charge in [0.1, 0.15) is 0 Å². The van der Waals surface area contributed by atoms with E-state index in [1.807, 2.05) is 13.8 Å². The molecular formula is C14H27NO2. The number of hydrogen-bond donors (Lipinski definition) is 1. The third-order valence-electron chi connectivity index (χ3n) is 4.50. The first-order valence-corrected chi connectivity index (χ1v) is 6.82. The average Bonchev–Trinajstić information content (AvgIpc) is 2.29. The van der Waals surface area contributed by atoms with Crippen molar-refractivity contribution in [1.82, 2.24) is 4.90 Å². The highest BCUT2D eigenvalue weighted by Crippen LogP contribution is 2.29. The topological polar surface area (TPSA) is 40.5 Å². The van der Waals surface area contributed by atoms with Crippen LogP contribution in [-0.2, 0) is 4.79 Å². The van der Waals surface area contributed by atoms with Crippen molar-refractivity contribution in [2.75, 3.05) is 13.6 Å². The number of carboxylic acid groups (broad SMARTS) is 1. The molecule has 3 heteroatoms. The van der Waals surface area contributed by atoms with Crippen molar-refractivity contribution in [3.63, 3.8) is 0 Å². The third-order valence-corrected chi connectivity index (χ3v) is 4.50. The lowest BCUT2D eigenvalue weighted by Gasteiger charge is -2.37. The summed E-state index contributed by atoms with van der Waals surface area (Å²) in [6, 6.07) is 0.580. The fraction of sp³-hybridized carbons (Fsp3) is 0.929. The molecule has 1 aliphatic carbocycles. The highest BCUT2D eigenvalue weighted by atomic mass is 16.4. The largest absolute Gasteiger partial charge is 0.481 e. The summed E-state index contributed by atoms with van der Waals surface area (Å²) >= 11 is 0. The van der Waals surface area contributed by atoms with Crippen LogP contribution in [0.15, 0.2) is 0 Å². The molecule has 0 amide bonds. The fourth-order valence-electron chi connectivity index (χ4n) is 2.69. The number of hydrogen-bond acceptors (Lipinski definition) is 2. The molecule has 100 valence electrons. The molecule has 1 saturated carbocycles. The first-order valence-electron chi connectivity index (χ1n) is 6.82. The molecule has 1 N–H and O–H groups in total. The molecule has 3 nitrogen and oxygen atoms in total. The van der Waals surface area contributed by atoms with E-state index in [2.05, 4.69) is 18.9 Å². The molecule has 0 heterocycles. The van der Waals surface area contributed by atoms with Gasteiger partial charge in [0, 0.05) is 12.6 Å². The van der Waals surface area contributed by atoms with Gasteiger partial charge in [0.2, 0.25) is 0 Å². The summed E-state index contributed by atoms with van der Waals surface area (Å²) in [5, 5.41) is 9.30. The number of carboxylic acids is 1. The first kappa shape index (κ1) is 14.5. The molecular weight excluding hydrogens is 214 g/mol. The van der Waals surface area contributed by atoms with Crippen molar-refractivity contribution < 1.29 is 9.90 Å². The molecule has 0 radical (unpaired) electrons. The monoisotopic (exact) mass is 241 g/mol. The zero-order valence-electron chi connectivity index (χ0n) is 11.7. The van der Waals surface area contributed by atoms with Crippen LogP contribution in [0, 0.1) is 11.3 Å². The van der Waals surface area contributed by atoms with Crippen LogP contribution >= 0.6 is 0 Å². The number of carbonyl (C=O) groups is 1. The summed E-state index contributed by atoms with van der Waals surface area (Å²) in [6.45, 7) is 6.80. The fourth-order valence-corrected chi connectivity index (χ4v) is 2.69. The Labute approximate surface area is 105 Å². The predicted molar refractivity (Wildman–Crippen MR) is 70.1 cm³/mol. The Bertz CT molecular complexity index is 259. The minimum atomic E-state index is -0.670. The van der Waals surface area contributed by atoms with Crippen molar-refractivity contribution in [2.45, 2.75) is 58.9 Å². The van der Waals surface area contributed by atoms with Gasteiger partial charge in [-0.25, -0.2) is 0 Å². The van der Waals surface area contributed by atoms with Gasteiger partial charge in [0.05, 0.1) is 5.41 Å². The zero-order valence-corrected chi connectivity index (χ0v) is 11.7. The van der Waals surface area contributed by atoms with Gasteiger partial charge in [-0.15, -0.1) is 0 Å². The summed E-state index contributed by atoms with van der Waals surface area (Å²) in [5.41, 5.74) is -0.599. The lowest BCUT2D eigenvalue weighted by molar-refractivity contribution is -0.149. The first-order chi connectivity index (χ1) is 7.89. The Balaban J connectivity index is 2.53. The molecule has 0 bridgehead atoms. The predicted octanol–water partition coefficient (Wildman–Crippen LogP) is 3.00. The molecule has 0 aromatic rings. The summed E-state index contributed by atoms with van der Waals surface area (Å²) in [5.74, 6) is 0.174. The third kappa shape index (κ3) is 3.70. The average molecular weight is 241 g/mol. The van der Waals surface area contributed by atoms with Gasteiger partial charge in [-0.2, -0.15) is 0 Å². The highest BCUT2D eigenvalue weighted by Gasteiger charge is 2.34. The number of rotatable bonds is 5. The molecule has 1 aliphatic rings. The lowest BCUT2D eigenvalue weighted by Crippen LogP contribution is -2.44. The smallest absolute Gasteiger partial charge is 0.310 e. The second kappa shape index (κ2) is 5.85. The maximum atomic E-state index is 11.3. The van der Waals surface area contributed by atoms with Gasteiger partial charge in [-0.3, -0.25) is 4.79 Å². The molecule has 1 unspecified atom stereocenters.